The lowest BCUT2D eigenvalue weighted by molar-refractivity contribution is 0.546. The molecule has 72 valence electrons. The Kier molecular flexibility index (Phi) is 2.25. The number of aromatic nitrogens is 1. The maximum atomic E-state index is 8.63. The number of rotatable bonds is 2. The van der Waals surface area contributed by atoms with E-state index in [-0.39, 0.29) is 0 Å². The van der Waals surface area contributed by atoms with Gasteiger partial charge in [-0.1, -0.05) is 13.8 Å². The first-order valence-electron chi connectivity index (χ1n) is 5.08. The van der Waals surface area contributed by atoms with Crippen molar-refractivity contribution in [2.45, 2.75) is 26.2 Å². The van der Waals surface area contributed by atoms with Crippen LogP contribution in [0.3, 0.4) is 0 Å². The Labute approximate surface area is 84.6 Å². The zero-order valence-corrected chi connectivity index (χ0v) is 8.57. The molecule has 0 aromatic carbocycles. The standard InChI is InChI=1S/C12H14N2/c1-8(2)10-5-11(10)12-4-3-9(6-13)7-14-12/h3-4,7-8,10-11H,5H2,1-2H3/t10-,11+/m1/s1. The van der Waals surface area contributed by atoms with E-state index in [1.165, 1.54) is 6.42 Å². The quantitative estimate of drug-likeness (QED) is 0.712. The lowest BCUT2D eigenvalue weighted by Gasteiger charge is -2.02. The molecule has 0 unspecified atom stereocenters. The number of hydrogen-bond donors (Lipinski definition) is 0. The number of nitriles is 1. The second-order valence-corrected chi connectivity index (χ2v) is 4.33. The summed E-state index contributed by atoms with van der Waals surface area (Å²) in [4.78, 5) is 4.32. The third kappa shape index (κ3) is 1.63. The molecule has 0 amide bonds. The summed E-state index contributed by atoms with van der Waals surface area (Å²) in [7, 11) is 0. The highest BCUT2D eigenvalue weighted by Gasteiger charge is 2.41. The number of hydrogen-bond acceptors (Lipinski definition) is 2. The van der Waals surface area contributed by atoms with Crippen molar-refractivity contribution in [3.63, 3.8) is 0 Å². The highest BCUT2D eigenvalue weighted by molar-refractivity contribution is 5.29. The monoisotopic (exact) mass is 186 g/mol. The van der Waals surface area contributed by atoms with Crippen LogP contribution in [0.1, 0.15) is 37.4 Å². The molecule has 0 aliphatic heterocycles. The molecule has 0 spiro atoms. The smallest absolute Gasteiger partial charge is 0.101 e. The van der Waals surface area contributed by atoms with E-state index in [4.69, 9.17) is 5.26 Å². The average molecular weight is 186 g/mol. The fourth-order valence-corrected chi connectivity index (χ4v) is 1.98. The van der Waals surface area contributed by atoms with Gasteiger partial charge in [0, 0.05) is 17.8 Å². The Hall–Kier alpha value is -1.36. The lowest BCUT2D eigenvalue weighted by Crippen LogP contribution is -1.94. The van der Waals surface area contributed by atoms with Crippen LogP contribution in [-0.2, 0) is 0 Å². The van der Waals surface area contributed by atoms with Gasteiger partial charge < -0.3 is 0 Å². The summed E-state index contributed by atoms with van der Waals surface area (Å²) in [5, 5.41) is 8.63. The van der Waals surface area contributed by atoms with Gasteiger partial charge in [-0.05, 0) is 30.4 Å². The topological polar surface area (TPSA) is 36.7 Å². The van der Waals surface area contributed by atoms with Crippen molar-refractivity contribution in [1.29, 1.82) is 5.26 Å². The largest absolute Gasteiger partial charge is 0.260 e. The summed E-state index contributed by atoms with van der Waals surface area (Å²) < 4.78 is 0. The lowest BCUT2D eigenvalue weighted by atomic mass is 10.1. The van der Waals surface area contributed by atoms with Gasteiger partial charge in [0.15, 0.2) is 0 Å². The minimum absolute atomic E-state index is 0.641. The van der Waals surface area contributed by atoms with Crippen LogP contribution in [0.2, 0.25) is 0 Å². The predicted octanol–water partition coefficient (Wildman–Crippen LogP) is 2.71. The van der Waals surface area contributed by atoms with E-state index in [2.05, 4.69) is 24.9 Å². The van der Waals surface area contributed by atoms with Gasteiger partial charge in [-0.3, -0.25) is 4.98 Å². The molecular weight excluding hydrogens is 172 g/mol. The van der Waals surface area contributed by atoms with E-state index in [0.717, 1.165) is 17.5 Å². The molecule has 1 heterocycles. The number of nitrogens with zero attached hydrogens (tertiary/aromatic N) is 2. The Morgan fingerprint density at radius 2 is 2.29 bits per heavy atom. The van der Waals surface area contributed by atoms with Crippen LogP contribution in [0.4, 0.5) is 0 Å². The average Bonchev–Trinajstić information content (AvgIpc) is 2.97. The van der Waals surface area contributed by atoms with Gasteiger partial charge in [0.05, 0.1) is 5.56 Å². The van der Waals surface area contributed by atoms with E-state index in [1.807, 2.05) is 12.1 Å². The zero-order valence-electron chi connectivity index (χ0n) is 8.57. The minimum atomic E-state index is 0.641. The second kappa shape index (κ2) is 3.42. The minimum Gasteiger partial charge on any atom is -0.260 e. The van der Waals surface area contributed by atoms with Gasteiger partial charge in [-0.15, -0.1) is 0 Å². The molecule has 2 rings (SSSR count). The molecule has 14 heavy (non-hydrogen) atoms. The van der Waals surface area contributed by atoms with Crippen LogP contribution in [0, 0.1) is 23.2 Å². The molecule has 0 bridgehead atoms. The number of pyridine rings is 1. The summed E-state index contributed by atoms with van der Waals surface area (Å²) in [5.41, 5.74) is 1.80. The zero-order chi connectivity index (χ0) is 10.1. The maximum Gasteiger partial charge on any atom is 0.101 e. The van der Waals surface area contributed by atoms with E-state index >= 15 is 0 Å². The Bertz CT molecular complexity index is 359. The van der Waals surface area contributed by atoms with E-state index < -0.39 is 0 Å². The van der Waals surface area contributed by atoms with Crippen molar-refractivity contribution in [3.05, 3.63) is 29.6 Å². The van der Waals surface area contributed by atoms with Gasteiger partial charge in [0.25, 0.3) is 0 Å². The molecule has 1 saturated carbocycles. The maximum absolute atomic E-state index is 8.63. The Morgan fingerprint density at radius 3 is 2.71 bits per heavy atom. The first-order valence-corrected chi connectivity index (χ1v) is 5.08. The van der Waals surface area contributed by atoms with E-state index in [1.54, 1.807) is 6.20 Å². The molecule has 1 aliphatic rings. The third-order valence-corrected chi connectivity index (χ3v) is 2.99. The van der Waals surface area contributed by atoms with Crippen molar-refractivity contribution in [2.24, 2.45) is 11.8 Å². The van der Waals surface area contributed by atoms with Crippen LogP contribution in [-0.4, -0.2) is 4.98 Å². The highest BCUT2D eigenvalue weighted by Crippen LogP contribution is 2.50. The summed E-state index contributed by atoms with van der Waals surface area (Å²) in [6.45, 7) is 4.52. The van der Waals surface area contributed by atoms with Gasteiger partial charge in [0.1, 0.15) is 6.07 Å². The molecule has 0 radical (unpaired) electrons. The molecule has 0 saturated heterocycles. The van der Waals surface area contributed by atoms with Gasteiger partial charge in [-0.2, -0.15) is 5.26 Å². The normalized spacial score (nSPS) is 24.7. The fraction of sp³-hybridized carbons (Fsp3) is 0.500. The van der Waals surface area contributed by atoms with Crippen molar-refractivity contribution < 1.29 is 0 Å². The molecule has 1 fully saturated rings. The van der Waals surface area contributed by atoms with E-state index in [9.17, 15) is 0 Å². The first-order chi connectivity index (χ1) is 6.72. The molecule has 0 N–H and O–H groups in total. The highest BCUT2D eigenvalue weighted by atomic mass is 14.7. The van der Waals surface area contributed by atoms with Crippen molar-refractivity contribution >= 4 is 0 Å². The van der Waals surface area contributed by atoms with Crippen LogP contribution >= 0.6 is 0 Å². The summed E-state index contributed by atoms with van der Waals surface area (Å²) in [5.74, 6) is 2.19. The summed E-state index contributed by atoms with van der Waals surface area (Å²) in [6, 6.07) is 5.94. The molecule has 1 aliphatic carbocycles. The van der Waals surface area contributed by atoms with Crippen LogP contribution < -0.4 is 0 Å². The van der Waals surface area contributed by atoms with E-state index in [0.29, 0.717) is 11.5 Å². The molecule has 1 aromatic rings. The second-order valence-electron chi connectivity index (χ2n) is 4.33. The van der Waals surface area contributed by atoms with Crippen LogP contribution in [0.25, 0.3) is 0 Å². The first kappa shape index (κ1) is 9.21. The van der Waals surface area contributed by atoms with Crippen molar-refractivity contribution in [2.75, 3.05) is 0 Å². The SMILES string of the molecule is CC(C)[C@H]1C[C@@H]1c1ccc(C#N)cn1. The Balaban J connectivity index is 2.10. The Morgan fingerprint density at radius 1 is 1.50 bits per heavy atom. The predicted molar refractivity (Wildman–Crippen MR) is 54.6 cm³/mol. The molecular formula is C12H14N2. The van der Waals surface area contributed by atoms with Crippen molar-refractivity contribution in [3.8, 4) is 6.07 Å². The van der Waals surface area contributed by atoms with Gasteiger partial charge >= 0.3 is 0 Å². The molecule has 2 heteroatoms. The van der Waals surface area contributed by atoms with Gasteiger partial charge in [0.2, 0.25) is 0 Å². The van der Waals surface area contributed by atoms with Crippen LogP contribution in [0.5, 0.6) is 0 Å². The van der Waals surface area contributed by atoms with Crippen molar-refractivity contribution in [1.82, 2.24) is 4.98 Å². The molecule has 2 nitrogen and oxygen atoms in total. The van der Waals surface area contributed by atoms with Gasteiger partial charge in [-0.25, -0.2) is 0 Å². The summed E-state index contributed by atoms with van der Waals surface area (Å²) >= 11 is 0. The van der Waals surface area contributed by atoms with Crippen LogP contribution in [0.15, 0.2) is 18.3 Å². The molecule has 2 atom stereocenters. The third-order valence-electron chi connectivity index (χ3n) is 2.99. The fourth-order valence-electron chi connectivity index (χ4n) is 1.98. The summed E-state index contributed by atoms with van der Waals surface area (Å²) in [6.07, 6.45) is 2.93. The molecule has 1 aromatic heterocycles.